The number of allylic oxidation sites excluding steroid dienone is 2. The van der Waals surface area contributed by atoms with Gasteiger partial charge in [0, 0.05) is 6.42 Å². The molecule has 0 bridgehead atoms. The van der Waals surface area contributed by atoms with E-state index < -0.39 is 23.9 Å². The lowest BCUT2D eigenvalue weighted by Gasteiger charge is -2.13. The first kappa shape index (κ1) is 25.7. The molecule has 2 N–H and O–H groups in total. The number of rotatable bonds is 17. The average molecular weight is 422 g/mol. The predicted octanol–water partition coefficient (Wildman–Crippen LogP) is 3.55. The fraction of sp³-hybridized carbons (Fsp3) is 0.652. The van der Waals surface area contributed by atoms with Crippen LogP contribution in [0, 0.1) is 5.95 Å². The molecule has 1 aromatic heterocycles. The van der Waals surface area contributed by atoms with E-state index >= 15 is 0 Å². The third kappa shape index (κ3) is 11.0. The maximum atomic E-state index is 13.6. The molecular formula is C23H36FN3O3. The molecule has 6 nitrogen and oxygen atoms in total. The molecule has 1 rings (SSSR count). The van der Waals surface area contributed by atoms with E-state index in [0.29, 0.717) is 12.8 Å². The summed E-state index contributed by atoms with van der Waals surface area (Å²) in [5, 5.41) is 11.5. The first-order valence-electron chi connectivity index (χ1n) is 11.2. The number of amides is 1. The van der Waals surface area contributed by atoms with Crippen LogP contribution in [0.25, 0.3) is 0 Å². The van der Waals surface area contributed by atoms with Crippen molar-refractivity contribution >= 4 is 11.9 Å². The molecule has 0 radical (unpaired) electrons. The van der Waals surface area contributed by atoms with Crippen molar-refractivity contribution in [1.82, 2.24) is 4.98 Å². The van der Waals surface area contributed by atoms with Crippen LogP contribution < -0.4 is 15.4 Å². The van der Waals surface area contributed by atoms with Crippen molar-refractivity contribution in [2.24, 2.45) is 5.73 Å². The molecule has 0 aromatic carbocycles. The molecule has 1 aromatic rings. The quantitative estimate of drug-likeness (QED) is 0.236. The first-order valence-corrected chi connectivity index (χ1v) is 11.2. The second-order valence-electron chi connectivity index (χ2n) is 7.74. The van der Waals surface area contributed by atoms with E-state index in [2.05, 4.69) is 24.1 Å². The highest BCUT2D eigenvalue weighted by Crippen LogP contribution is 2.13. The molecule has 1 atom stereocenters. The first-order chi connectivity index (χ1) is 14.5. The molecule has 0 aliphatic rings. The number of halogens is 1. The summed E-state index contributed by atoms with van der Waals surface area (Å²) < 4.78 is 14.7. The van der Waals surface area contributed by atoms with Gasteiger partial charge in [-0.1, -0.05) is 64.0 Å². The summed E-state index contributed by atoms with van der Waals surface area (Å²) in [7, 11) is 0. The Bertz CT molecular complexity index is 680. The van der Waals surface area contributed by atoms with E-state index in [4.69, 9.17) is 5.73 Å². The Kier molecular flexibility index (Phi) is 13.3. The van der Waals surface area contributed by atoms with Gasteiger partial charge in [-0.05, 0) is 32.1 Å². The monoisotopic (exact) mass is 421 g/mol. The molecule has 1 unspecified atom stereocenters. The second kappa shape index (κ2) is 15.5. The van der Waals surface area contributed by atoms with E-state index in [1.165, 1.54) is 38.5 Å². The Morgan fingerprint density at radius 2 is 1.60 bits per heavy atom. The number of primary amides is 1. The number of carboxylic acids is 1. The predicted molar refractivity (Wildman–Crippen MR) is 112 cm³/mol. The average Bonchev–Trinajstić information content (AvgIpc) is 2.70. The van der Waals surface area contributed by atoms with Crippen molar-refractivity contribution in [3.63, 3.8) is 0 Å². The van der Waals surface area contributed by atoms with Gasteiger partial charge < -0.3 is 15.6 Å². The van der Waals surface area contributed by atoms with Crippen LogP contribution in [-0.4, -0.2) is 16.9 Å². The van der Waals surface area contributed by atoms with Crippen LogP contribution in [0.2, 0.25) is 0 Å². The molecule has 30 heavy (non-hydrogen) atoms. The summed E-state index contributed by atoms with van der Waals surface area (Å²) in [5.74, 6) is -3.19. The van der Waals surface area contributed by atoms with E-state index in [0.717, 1.165) is 49.1 Å². The van der Waals surface area contributed by atoms with E-state index in [9.17, 15) is 19.1 Å². The van der Waals surface area contributed by atoms with Crippen molar-refractivity contribution in [1.29, 1.82) is 0 Å². The molecule has 0 saturated heterocycles. The zero-order valence-corrected chi connectivity index (χ0v) is 18.2. The third-order valence-electron chi connectivity index (χ3n) is 5.13. The second-order valence-corrected chi connectivity index (χ2v) is 7.74. The Hall–Kier alpha value is -2.31. The van der Waals surface area contributed by atoms with Crippen molar-refractivity contribution in [3.8, 4) is 0 Å². The third-order valence-corrected chi connectivity index (χ3v) is 5.13. The van der Waals surface area contributed by atoms with Crippen molar-refractivity contribution < 1.29 is 23.7 Å². The van der Waals surface area contributed by atoms with Gasteiger partial charge in [0.25, 0.3) is 11.9 Å². The summed E-state index contributed by atoms with van der Waals surface area (Å²) in [6.07, 6.45) is 20.6. The molecule has 7 heteroatoms. The van der Waals surface area contributed by atoms with Crippen LogP contribution in [0.3, 0.4) is 0 Å². The van der Waals surface area contributed by atoms with Gasteiger partial charge in [-0.2, -0.15) is 8.96 Å². The maximum absolute atomic E-state index is 13.6. The molecule has 0 aliphatic carbocycles. The van der Waals surface area contributed by atoms with Crippen LogP contribution in [0.4, 0.5) is 4.39 Å². The smallest absolute Gasteiger partial charge is 0.278 e. The topological polar surface area (TPSA) is 100.0 Å². The summed E-state index contributed by atoms with van der Waals surface area (Å²) >= 11 is 0. The molecule has 0 aliphatic heterocycles. The Morgan fingerprint density at radius 1 is 1.03 bits per heavy atom. The maximum Gasteiger partial charge on any atom is 0.278 e. The number of carboxylic acid groups (broad SMARTS) is 1. The normalized spacial score (nSPS) is 12.3. The number of nitrogens with two attached hydrogens (primary N) is 1. The molecule has 1 amide bonds. The highest BCUT2D eigenvalue weighted by Gasteiger charge is 2.23. The minimum Gasteiger partial charge on any atom is -0.543 e. The van der Waals surface area contributed by atoms with Crippen LogP contribution in [0.15, 0.2) is 24.5 Å². The lowest BCUT2D eigenvalue weighted by Crippen LogP contribution is -2.50. The van der Waals surface area contributed by atoms with Gasteiger partial charge in [-0.15, -0.1) is 0 Å². The Balaban J connectivity index is 2.23. The standard InChI is InChI=1S/C23H36FN3O3/c1-2-3-4-5-6-7-8-9-10-11-12-13-14-15-16-20(23(29)30)27-17-19(22(25)28)26-21(24)18-27/h9-10,17-18,20H,2-8,11-16H2,1H3,(H2-,25,28,29,30). The number of unbranched alkanes of at least 4 members (excludes halogenated alkanes) is 10. The molecule has 0 spiro atoms. The Labute approximate surface area is 179 Å². The lowest BCUT2D eigenvalue weighted by atomic mass is 10.1. The van der Waals surface area contributed by atoms with Crippen molar-refractivity contribution in [2.75, 3.05) is 0 Å². The number of hydrogen-bond donors (Lipinski definition) is 1. The number of nitrogens with zero attached hydrogens (tertiary/aromatic N) is 2. The van der Waals surface area contributed by atoms with Crippen LogP contribution in [-0.2, 0) is 4.79 Å². The Morgan fingerprint density at radius 3 is 2.17 bits per heavy atom. The summed E-state index contributed by atoms with van der Waals surface area (Å²) in [4.78, 5) is 26.0. The fourth-order valence-electron chi connectivity index (χ4n) is 3.39. The van der Waals surface area contributed by atoms with E-state index in [-0.39, 0.29) is 5.69 Å². The zero-order valence-electron chi connectivity index (χ0n) is 18.2. The van der Waals surface area contributed by atoms with Gasteiger partial charge in [0.1, 0.15) is 5.97 Å². The number of carbonyl (C=O) groups excluding carboxylic acids is 2. The minimum atomic E-state index is -1.32. The SMILES string of the molecule is CCCCCCCCC=CCCCCCCC(C(=O)[O-])[n+]1cc(F)nc(C(N)=O)c1. The van der Waals surface area contributed by atoms with Crippen molar-refractivity contribution in [3.05, 3.63) is 36.2 Å². The summed E-state index contributed by atoms with van der Waals surface area (Å²) in [6, 6.07) is -1.06. The molecule has 1 heterocycles. The van der Waals surface area contributed by atoms with Gasteiger partial charge >= 0.3 is 0 Å². The highest BCUT2D eigenvalue weighted by atomic mass is 19.1. The number of carbonyl (C=O) groups is 2. The summed E-state index contributed by atoms with van der Waals surface area (Å²) in [5.41, 5.74) is 4.80. The lowest BCUT2D eigenvalue weighted by molar-refractivity contribution is -0.718. The van der Waals surface area contributed by atoms with Gasteiger partial charge in [-0.25, -0.2) is 4.98 Å². The molecule has 0 saturated carbocycles. The number of hydrogen-bond acceptors (Lipinski definition) is 4. The molecular weight excluding hydrogens is 385 g/mol. The highest BCUT2D eigenvalue weighted by molar-refractivity contribution is 5.90. The zero-order chi connectivity index (χ0) is 22.2. The van der Waals surface area contributed by atoms with Crippen LogP contribution in [0.1, 0.15) is 107 Å². The van der Waals surface area contributed by atoms with E-state index in [1.807, 2.05) is 0 Å². The summed E-state index contributed by atoms with van der Waals surface area (Å²) in [6.45, 7) is 2.23. The largest absolute Gasteiger partial charge is 0.543 e. The van der Waals surface area contributed by atoms with Crippen LogP contribution in [0.5, 0.6) is 0 Å². The van der Waals surface area contributed by atoms with Crippen LogP contribution >= 0.6 is 0 Å². The molecule has 0 fully saturated rings. The van der Waals surface area contributed by atoms with Gasteiger partial charge in [0.2, 0.25) is 12.4 Å². The minimum absolute atomic E-state index is 0.294. The van der Waals surface area contributed by atoms with Gasteiger partial charge in [-0.3, -0.25) is 4.79 Å². The number of aliphatic carboxylic acids is 1. The molecule has 168 valence electrons. The fourth-order valence-corrected chi connectivity index (χ4v) is 3.39. The number of aromatic nitrogens is 2. The van der Waals surface area contributed by atoms with Gasteiger partial charge in [0.15, 0.2) is 11.7 Å². The van der Waals surface area contributed by atoms with Gasteiger partial charge in [0.05, 0.1) is 0 Å². The van der Waals surface area contributed by atoms with E-state index in [1.54, 1.807) is 0 Å². The van der Waals surface area contributed by atoms with Crippen molar-refractivity contribution in [2.45, 2.75) is 96.4 Å².